The Morgan fingerprint density at radius 1 is 0.972 bits per heavy atom. The van der Waals surface area contributed by atoms with E-state index < -0.39 is 0 Å². The molecule has 0 aliphatic carbocycles. The number of amides is 2. The van der Waals surface area contributed by atoms with Crippen molar-refractivity contribution < 1.29 is 19.1 Å². The predicted molar refractivity (Wildman–Crippen MR) is 146 cm³/mol. The maximum atomic E-state index is 13.2. The molecule has 0 saturated carbocycles. The molecule has 36 heavy (non-hydrogen) atoms. The molecule has 8 nitrogen and oxygen atoms in total. The Hall–Kier alpha value is -3.68. The number of nitrogens with two attached hydrogens (primary N) is 1. The zero-order valence-corrected chi connectivity index (χ0v) is 22.9. The van der Waals surface area contributed by atoms with Crippen LogP contribution in [0.5, 0.6) is 11.5 Å². The lowest BCUT2D eigenvalue weighted by Gasteiger charge is -2.23. The highest BCUT2D eigenvalue weighted by atomic mass is 16.5. The number of anilines is 2. The number of carbonyl (C=O) groups is 2. The van der Waals surface area contributed by atoms with Crippen molar-refractivity contribution in [3.63, 3.8) is 0 Å². The van der Waals surface area contributed by atoms with Crippen LogP contribution in [0.2, 0.25) is 0 Å². The maximum absolute atomic E-state index is 13.2. The number of aryl methyl sites for hydroxylation is 1. The van der Waals surface area contributed by atoms with E-state index in [1.807, 2.05) is 45.9 Å². The Kier molecular flexibility index (Phi) is 9.02. The summed E-state index contributed by atoms with van der Waals surface area (Å²) in [5.41, 5.74) is 9.24. The highest BCUT2D eigenvalue weighted by Gasteiger charge is 2.22. The number of methoxy groups -OCH3 is 2. The van der Waals surface area contributed by atoms with Crippen molar-refractivity contribution in [2.75, 3.05) is 31.4 Å². The van der Waals surface area contributed by atoms with Crippen molar-refractivity contribution in [1.82, 2.24) is 5.32 Å². The van der Waals surface area contributed by atoms with Crippen LogP contribution in [-0.4, -0.2) is 32.6 Å². The molecule has 5 N–H and O–H groups in total. The zero-order chi connectivity index (χ0) is 27.3. The molecule has 0 fully saturated rings. The van der Waals surface area contributed by atoms with Crippen LogP contribution < -0.4 is 31.2 Å². The first-order valence-electron chi connectivity index (χ1n) is 11.8. The predicted octanol–water partition coefficient (Wildman–Crippen LogP) is 4.94. The third-order valence-electron chi connectivity index (χ3n) is 5.52. The molecule has 2 rings (SSSR count). The minimum atomic E-state index is -0.358. The number of benzene rings is 2. The molecule has 196 valence electrons. The first-order chi connectivity index (χ1) is 16.7. The highest BCUT2D eigenvalue weighted by molar-refractivity contribution is 6.06. The zero-order valence-electron chi connectivity index (χ0n) is 22.9. The van der Waals surface area contributed by atoms with Gasteiger partial charge in [0.25, 0.3) is 11.8 Å². The van der Waals surface area contributed by atoms with Crippen molar-refractivity contribution in [2.24, 2.45) is 11.1 Å². The van der Waals surface area contributed by atoms with Crippen molar-refractivity contribution in [3.05, 3.63) is 58.9 Å². The fraction of sp³-hybridized carbons (Fsp3) is 0.429. The number of hydrogen-bond donors (Lipinski definition) is 4. The van der Waals surface area contributed by atoms with E-state index in [2.05, 4.69) is 36.7 Å². The Balaban J connectivity index is 2.28. The summed E-state index contributed by atoms with van der Waals surface area (Å²) >= 11 is 0. The number of nitrogens with one attached hydrogen (secondary N) is 3. The Morgan fingerprint density at radius 2 is 1.64 bits per heavy atom. The minimum Gasteiger partial charge on any atom is -0.493 e. The molecular weight excluding hydrogens is 456 g/mol. The van der Waals surface area contributed by atoms with Crippen molar-refractivity contribution in [2.45, 2.75) is 53.9 Å². The van der Waals surface area contributed by atoms with Gasteiger partial charge < -0.3 is 31.2 Å². The standard InChI is InChI=1S/C28H40N4O4/c1-17-10-11-18(12-21(17)30-15-20(29)26(34)31-16-27(2,3)4)25(33)32-22-13-19(28(5,6)7)14-23(35-8)24(22)36-9/h10-15,30H,16,29H2,1-9H3,(H,31,34)(H,32,33)/b20-15-. The number of ether oxygens (including phenoxy) is 2. The van der Waals surface area contributed by atoms with E-state index >= 15 is 0 Å². The van der Waals surface area contributed by atoms with E-state index in [9.17, 15) is 9.59 Å². The lowest BCUT2D eigenvalue weighted by molar-refractivity contribution is -0.117. The van der Waals surface area contributed by atoms with Crippen LogP contribution >= 0.6 is 0 Å². The normalized spacial score (nSPS) is 12.1. The van der Waals surface area contributed by atoms with Crippen LogP contribution in [0.1, 0.15) is 63.0 Å². The summed E-state index contributed by atoms with van der Waals surface area (Å²) in [5.74, 6) is 0.311. The molecule has 0 atom stereocenters. The second-order valence-corrected chi connectivity index (χ2v) is 11.0. The van der Waals surface area contributed by atoms with Crippen molar-refractivity contribution in [3.8, 4) is 11.5 Å². The van der Waals surface area contributed by atoms with Gasteiger partial charge in [0.05, 0.1) is 19.9 Å². The maximum Gasteiger partial charge on any atom is 0.268 e. The van der Waals surface area contributed by atoms with E-state index in [0.717, 1.165) is 11.1 Å². The molecule has 2 aromatic carbocycles. The Bertz CT molecular complexity index is 1140. The second-order valence-electron chi connectivity index (χ2n) is 11.0. The average Bonchev–Trinajstić information content (AvgIpc) is 2.79. The molecule has 0 spiro atoms. The molecule has 0 unspecified atom stereocenters. The molecule has 0 saturated heterocycles. The Labute approximate surface area is 214 Å². The quantitative estimate of drug-likeness (QED) is 0.385. The molecule has 0 heterocycles. The van der Waals surface area contributed by atoms with E-state index in [-0.39, 0.29) is 28.3 Å². The van der Waals surface area contributed by atoms with Gasteiger partial charge in [0.1, 0.15) is 5.70 Å². The van der Waals surface area contributed by atoms with Gasteiger partial charge in [-0.1, -0.05) is 47.6 Å². The van der Waals surface area contributed by atoms with Gasteiger partial charge in [0, 0.05) is 24.0 Å². The van der Waals surface area contributed by atoms with Crippen LogP contribution in [-0.2, 0) is 10.2 Å². The monoisotopic (exact) mass is 496 g/mol. The van der Waals surface area contributed by atoms with E-state index in [1.165, 1.54) is 13.3 Å². The van der Waals surface area contributed by atoms with E-state index in [4.69, 9.17) is 15.2 Å². The number of rotatable bonds is 8. The SMILES string of the molecule is COc1cc(C(C)(C)C)cc(NC(=O)c2ccc(C)c(N/C=C(\N)C(=O)NCC(C)(C)C)c2)c1OC. The molecule has 0 aliphatic rings. The molecule has 2 aromatic rings. The topological polar surface area (TPSA) is 115 Å². The van der Waals surface area contributed by atoms with Gasteiger partial charge in [-0.25, -0.2) is 0 Å². The van der Waals surface area contributed by atoms with Gasteiger partial charge in [-0.3, -0.25) is 9.59 Å². The first-order valence-corrected chi connectivity index (χ1v) is 11.8. The van der Waals surface area contributed by atoms with Gasteiger partial charge >= 0.3 is 0 Å². The highest BCUT2D eigenvalue weighted by Crippen LogP contribution is 2.40. The third kappa shape index (κ3) is 7.66. The largest absolute Gasteiger partial charge is 0.493 e. The fourth-order valence-electron chi connectivity index (χ4n) is 3.27. The molecule has 0 aromatic heterocycles. The summed E-state index contributed by atoms with van der Waals surface area (Å²) in [6.45, 7) is 14.7. The summed E-state index contributed by atoms with van der Waals surface area (Å²) in [6.07, 6.45) is 1.43. The summed E-state index contributed by atoms with van der Waals surface area (Å²) in [4.78, 5) is 25.4. The van der Waals surface area contributed by atoms with Crippen LogP contribution in [0.15, 0.2) is 42.2 Å². The van der Waals surface area contributed by atoms with Gasteiger partial charge in [0.2, 0.25) is 0 Å². The lowest BCUT2D eigenvalue weighted by Crippen LogP contribution is -2.35. The van der Waals surface area contributed by atoms with Crippen LogP contribution in [0.3, 0.4) is 0 Å². The van der Waals surface area contributed by atoms with Crippen LogP contribution in [0.4, 0.5) is 11.4 Å². The summed E-state index contributed by atoms with van der Waals surface area (Å²) < 4.78 is 11.0. The average molecular weight is 497 g/mol. The summed E-state index contributed by atoms with van der Waals surface area (Å²) in [6, 6.07) is 9.07. The molecule has 0 radical (unpaired) electrons. The first kappa shape index (κ1) is 28.6. The summed E-state index contributed by atoms with van der Waals surface area (Å²) in [5, 5.41) is 8.80. The second kappa shape index (κ2) is 11.4. The van der Waals surface area contributed by atoms with Gasteiger partial charge in [0.15, 0.2) is 11.5 Å². The number of carbonyl (C=O) groups excluding carboxylic acids is 2. The van der Waals surface area contributed by atoms with Crippen molar-refractivity contribution in [1.29, 1.82) is 0 Å². The molecule has 2 amide bonds. The third-order valence-corrected chi connectivity index (χ3v) is 5.52. The molecular formula is C28H40N4O4. The smallest absolute Gasteiger partial charge is 0.268 e. The molecule has 8 heteroatoms. The van der Waals surface area contributed by atoms with E-state index in [0.29, 0.717) is 35.0 Å². The van der Waals surface area contributed by atoms with Gasteiger partial charge in [-0.05, 0) is 53.1 Å². The van der Waals surface area contributed by atoms with Crippen molar-refractivity contribution >= 4 is 23.2 Å². The molecule has 0 bridgehead atoms. The number of hydrogen-bond acceptors (Lipinski definition) is 6. The summed E-state index contributed by atoms with van der Waals surface area (Å²) in [7, 11) is 3.10. The van der Waals surface area contributed by atoms with Crippen LogP contribution in [0, 0.1) is 12.3 Å². The fourth-order valence-corrected chi connectivity index (χ4v) is 3.27. The minimum absolute atomic E-state index is 0.0457. The Morgan fingerprint density at radius 3 is 2.19 bits per heavy atom. The van der Waals surface area contributed by atoms with Gasteiger partial charge in [-0.2, -0.15) is 0 Å². The van der Waals surface area contributed by atoms with Gasteiger partial charge in [-0.15, -0.1) is 0 Å². The van der Waals surface area contributed by atoms with E-state index in [1.54, 1.807) is 19.2 Å². The lowest BCUT2D eigenvalue weighted by atomic mass is 9.86. The van der Waals surface area contributed by atoms with Crippen LogP contribution in [0.25, 0.3) is 0 Å². The molecule has 0 aliphatic heterocycles.